The van der Waals surface area contributed by atoms with Crippen molar-refractivity contribution in [2.75, 3.05) is 6.61 Å². The molecule has 6 heteroatoms. The smallest absolute Gasteiger partial charge is 0.407 e. The molecule has 0 bridgehead atoms. The molecule has 1 N–H and O–H groups in total. The molecule has 156 valence electrons. The van der Waals surface area contributed by atoms with Crippen molar-refractivity contribution in [3.63, 3.8) is 0 Å². The molecule has 1 aliphatic heterocycles. The summed E-state index contributed by atoms with van der Waals surface area (Å²) in [6, 6.07) is 7.69. The first-order valence-electron chi connectivity index (χ1n) is 10.0. The van der Waals surface area contributed by atoms with E-state index in [1.165, 1.54) is 0 Å². The summed E-state index contributed by atoms with van der Waals surface area (Å²) in [5.74, 6) is 1.92. The van der Waals surface area contributed by atoms with Gasteiger partial charge in [-0.2, -0.15) is 0 Å². The molecule has 0 saturated carbocycles. The summed E-state index contributed by atoms with van der Waals surface area (Å²) in [5.41, 5.74) is 2.71. The lowest BCUT2D eigenvalue weighted by atomic mass is 9.99. The van der Waals surface area contributed by atoms with E-state index in [0.29, 0.717) is 24.9 Å². The fourth-order valence-electron chi connectivity index (χ4n) is 3.30. The molecule has 0 fully saturated rings. The van der Waals surface area contributed by atoms with Gasteiger partial charge in [-0.1, -0.05) is 13.8 Å². The van der Waals surface area contributed by atoms with Crippen molar-refractivity contribution in [1.82, 2.24) is 10.3 Å². The van der Waals surface area contributed by atoms with Gasteiger partial charge in [-0.15, -0.1) is 0 Å². The van der Waals surface area contributed by atoms with Gasteiger partial charge in [0.1, 0.15) is 30.3 Å². The van der Waals surface area contributed by atoms with Crippen LogP contribution in [0.1, 0.15) is 46.6 Å². The maximum absolute atomic E-state index is 12.2. The quantitative estimate of drug-likeness (QED) is 0.745. The number of benzene rings is 1. The summed E-state index contributed by atoms with van der Waals surface area (Å²) in [4.78, 5) is 16.3. The second-order valence-corrected chi connectivity index (χ2v) is 8.76. The minimum absolute atomic E-state index is 0.145. The van der Waals surface area contributed by atoms with Crippen LogP contribution < -0.4 is 14.8 Å². The van der Waals surface area contributed by atoms with Crippen LogP contribution in [0.2, 0.25) is 0 Å². The normalized spacial score (nSPS) is 13.7. The van der Waals surface area contributed by atoms with Gasteiger partial charge >= 0.3 is 6.09 Å². The third kappa shape index (κ3) is 5.86. The SMILES string of the molecule is CC(C)C[C@@H](COc1ccc2c(c1)OCc1cnccc1-2)NC(=O)OC(C)(C)C. The number of hydrogen-bond acceptors (Lipinski definition) is 5. The van der Waals surface area contributed by atoms with E-state index in [1.807, 2.05) is 51.2 Å². The van der Waals surface area contributed by atoms with Gasteiger partial charge < -0.3 is 19.5 Å². The van der Waals surface area contributed by atoms with Gasteiger partial charge in [0, 0.05) is 29.6 Å². The fourth-order valence-corrected chi connectivity index (χ4v) is 3.30. The molecule has 1 aliphatic rings. The predicted octanol–water partition coefficient (Wildman–Crippen LogP) is 4.96. The van der Waals surface area contributed by atoms with E-state index in [2.05, 4.69) is 24.1 Å². The monoisotopic (exact) mass is 398 g/mol. The van der Waals surface area contributed by atoms with Gasteiger partial charge in [-0.05, 0) is 56.9 Å². The Kier molecular flexibility index (Phi) is 6.30. The first-order chi connectivity index (χ1) is 13.7. The number of carbonyl (C=O) groups is 1. The van der Waals surface area contributed by atoms with Crippen molar-refractivity contribution < 1.29 is 19.0 Å². The van der Waals surface area contributed by atoms with Crippen LogP contribution in [-0.4, -0.2) is 29.3 Å². The van der Waals surface area contributed by atoms with Crippen molar-refractivity contribution in [3.8, 4) is 22.6 Å². The summed E-state index contributed by atoms with van der Waals surface area (Å²) in [5, 5.41) is 2.93. The number of nitrogens with one attached hydrogen (secondary N) is 1. The highest BCUT2D eigenvalue weighted by Gasteiger charge is 2.22. The number of aromatic nitrogens is 1. The lowest BCUT2D eigenvalue weighted by Gasteiger charge is -2.25. The zero-order valence-corrected chi connectivity index (χ0v) is 17.8. The molecule has 3 rings (SSSR count). The molecular formula is C23H30N2O4. The number of fused-ring (bicyclic) bond motifs is 3. The number of ether oxygens (including phenoxy) is 3. The highest BCUT2D eigenvalue weighted by atomic mass is 16.6. The molecule has 1 aromatic carbocycles. The summed E-state index contributed by atoms with van der Waals surface area (Å²) < 4.78 is 17.2. The number of pyridine rings is 1. The molecular weight excluding hydrogens is 368 g/mol. The molecule has 6 nitrogen and oxygen atoms in total. The highest BCUT2D eigenvalue weighted by molar-refractivity contribution is 5.75. The number of alkyl carbamates (subject to hydrolysis) is 1. The lowest BCUT2D eigenvalue weighted by molar-refractivity contribution is 0.0480. The first-order valence-corrected chi connectivity index (χ1v) is 10.0. The van der Waals surface area contributed by atoms with E-state index in [1.54, 1.807) is 6.20 Å². The van der Waals surface area contributed by atoms with Gasteiger partial charge in [0.05, 0.1) is 6.04 Å². The van der Waals surface area contributed by atoms with E-state index in [4.69, 9.17) is 14.2 Å². The van der Waals surface area contributed by atoms with Crippen LogP contribution in [0, 0.1) is 5.92 Å². The summed E-state index contributed by atoms with van der Waals surface area (Å²) in [7, 11) is 0. The third-order valence-electron chi connectivity index (χ3n) is 4.46. The van der Waals surface area contributed by atoms with Gasteiger partial charge in [0.25, 0.3) is 0 Å². The Labute approximate surface area is 172 Å². The van der Waals surface area contributed by atoms with Gasteiger partial charge in [-0.25, -0.2) is 4.79 Å². The Balaban J connectivity index is 1.66. The molecule has 0 radical (unpaired) electrons. The fraction of sp³-hybridized carbons (Fsp3) is 0.478. The number of hydrogen-bond donors (Lipinski definition) is 1. The molecule has 0 saturated heterocycles. The second kappa shape index (κ2) is 8.72. The molecule has 0 unspecified atom stereocenters. The minimum atomic E-state index is -0.533. The average Bonchev–Trinajstić information content (AvgIpc) is 2.63. The number of carbonyl (C=O) groups excluding carboxylic acids is 1. The summed E-state index contributed by atoms with van der Waals surface area (Å²) in [6.45, 7) is 10.6. The zero-order chi connectivity index (χ0) is 21.0. The Hall–Kier alpha value is -2.76. The van der Waals surface area contributed by atoms with Crippen molar-refractivity contribution in [1.29, 1.82) is 0 Å². The molecule has 29 heavy (non-hydrogen) atoms. The maximum atomic E-state index is 12.2. The van der Waals surface area contributed by atoms with E-state index in [-0.39, 0.29) is 6.04 Å². The van der Waals surface area contributed by atoms with Gasteiger partial charge in [0.15, 0.2) is 0 Å². The van der Waals surface area contributed by atoms with Crippen molar-refractivity contribution in [2.24, 2.45) is 5.92 Å². The predicted molar refractivity (Wildman–Crippen MR) is 112 cm³/mol. The Bertz CT molecular complexity index is 858. The Morgan fingerprint density at radius 2 is 2.03 bits per heavy atom. The van der Waals surface area contributed by atoms with Gasteiger partial charge in [0.2, 0.25) is 0 Å². The van der Waals surface area contributed by atoms with E-state index >= 15 is 0 Å². The lowest BCUT2D eigenvalue weighted by Crippen LogP contribution is -2.42. The highest BCUT2D eigenvalue weighted by Crippen LogP contribution is 2.39. The molecule has 1 aromatic heterocycles. The van der Waals surface area contributed by atoms with Crippen LogP contribution in [0.4, 0.5) is 4.79 Å². The summed E-state index contributed by atoms with van der Waals surface area (Å²) >= 11 is 0. The van der Waals surface area contributed by atoms with Crippen LogP contribution in [0.3, 0.4) is 0 Å². The molecule has 0 aliphatic carbocycles. The van der Waals surface area contributed by atoms with Crippen LogP contribution >= 0.6 is 0 Å². The first kappa shape index (κ1) is 21.0. The largest absolute Gasteiger partial charge is 0.491 e. The van der Waals surface area contributed by atoms with E-state index in [9.17, 15) is 4.79 Å². The van der Waals surface area contributed by atoms with Crippen LogP contribution in [0.25, 0.3) is 11.1 Å². The second-order valence-electron chi connectivity index (χ2n) is 8.76. The van der Waals surface area contributed by atoms with E-state index < -0.39 is 11.7 Å². The Morgan fingerprint density at radius 1 is 1.24 bits per heavy atom. The van der Waals surface area contributed by atoms with Crippen molar-refractivity contribution in [3.05, 3.63) is 42.2 Å². The number of amides is 1. The molecule has 0 spiro atoms. The van der Waals surface area contributed by atoms with Crippen molar-refractivity contribution in [2.45, 2.75) is 59.3 Å². The standard InChI is InChI=1S/C23H30N2O4/c1-15(2)10-17(25-22(26)29-23(3,4)5)14-27-18-6-7-20-19-8-9-24-12-16(19)13-28-21(20)11-18/h6-9,11-12,15,17H,10,13-14H2,1-5H3,(H,25,26)/t17-/m0/s1. The molecule has 1 atom stereocenters. The molecule has 1 amide bonds. The molecule has 2 heterocycles. The topological polar surface area (TPSA) is 69.7 Å². The average molecular weight is 399 g/mol. The van der Waals surface area contributed by atoms with Crippen LogP contribution in [-0.2, 0) is 11.3 Å². The van der Waals surface area contributed by atoms with Gasteiger partial charge in [-0.3, -0.25) is 4.98 Å². The number of nitrogens with zero attached hydrogens (tertiary/aromatic N) is 1. The Morgan fingerprint density at radius 3 is 2.76 bits per heavy atom. The van der Waals surface area contributed by atoms with E-state index in [0.717, 1.165) is 28.9 Å². The maximum Gasteiger partial charge on any atom is 0.407 e. The van der Waals surface area contributed by atoms with Crippen LogP contribution in [0.15, 0.2) is 36.7 Å². The zero-order valence-electron chi connectivity index (χ0n) is 17.8. The molecule has 2 aromatic rings. The summed E-state index contributed by atoms with van der Waals surface area (Å²) in [6.07, 6.45) is 3.99. The number of rotatable bonds is 6. The van der Waals surface area contributed by atoms with Crippen LogP contribution in [0.5, 0.6) is 11.5 Å². The minimum Gasteiger partial charge on any atom is -0.491 e. The third-order valence-corrected chi connectivity index (χ3v) is 4.46. The van der Waals surface area contributed by atoms with Crippen molar-refractivity contribution >= 4 is 6.09 Å².